The van der Waals surface area contributed by atoms with E-state index in [9.17, 15) is 0 Å². The molecule has 0 radical (unpaired) electrons. The maximum atomic E-state index is 4.13. The van der Waals surface area contributed by atoms with Crippen LogP contribution < -0.4 is 0 Å². The summed E-state index contributed by atoms with van der Waals surface area (Å²) in [5, 5.41) is 2.09. The fourth-order valence-corrected chi connectivity index (χ4v) is 1.22. The first-order valence-electron chi connectivity index (χ1n) is 3.69. The average molecular weight is 157 g/mol. The van der Waals surface area contributed by atoms with Gasteiger partial charge in [0.2, 0.25) is 0 Å². The number of thiazole rings is 1. The van der Waals surface area contributed by atoms with E-state index in [1.807, 2.05) is 19.4 Å². The number of hydrogen-bond acceptors (Lipinski definition) is 2. The van der Waals surface area contributed by atoms with Gasteiger partial charge in [0.15, 0.2) is 0 Å². The molecule has 0 bridgehead atoms. The highest BCUT2D eigenvalue weighted by Crippen LogP contribution is 2.12. The molecule has 0 N–H and O–H groups in total. The number of hydrogen-bond donors (Lipinski definition) is 0. The van der Waals surface area contributed by atoms with Gasteiger partial charge < -0.3 is 0 Å². The molecule has 10 heavy (non-hydrogen) atoms. The van der Waals surface area contributed by atoms with E-state index in [0.29, 0.717) is 5.92 Å². The highest BCUT2D eigenvalue weighted by Gasteiger charge is 1.97. The molecule has 58 valence electrons. The summed E-state index contributed by atoms with van der Waals surface area (Å²) in [6, 6.07) is 0. The Hall–Kier alpha value is -0.370. The van der Waals surface area contributed by atoms with Gasteiger partial charge >= 0.3 is 0 Å². The summed E-state index contributed by atoms with van der Waals surface area (Å²) in [6.45, 7) is 8.30. The van der Waals surface area contributed by atoms with E-state index in [2.05, 4.69) is 24.2 Å². The molecule has 0 aromatic carbocycles. The molecule has 0 fully saturated rings. The second-order valence-electron chi connectivity index (χ2n) is 2.07. The third-order valence-electron chi connectivity index (χ3n) is 1.04. The molecule has 0 unspecified atom stereocenters. The minimum absolute atomic E-state index is 0.584. The van der Waals surface area contributed by atoms with Gasteiger partial charge in [-0.25, -0.2) is 4.98 Å². The van der Waals surface area contributed by atoms with E-state index >= 15 is 0 Å². The van der Waals surface area contributed by atoms with Gasteiger partial charge in [-0.2, -0.15) is 0 Å². The predicted octanol–water partition coefficient (Wildman–Crippen LogP) is 3.29. The van der Waals surface area contributed by atoms with Gasteiger partial charge in [-0.15, -0.1) is 11.3 Å². The summed E-state index contributed by atoms with van der Waals surface area (Å²) in [6.07, 6.45) is 0. The molecule has 1 nitrogen and oxygen atoms in total. The molecular formula is C8H15NS. The molecule has 0 saturated heterocycles. The maximum Gasteiger partial charge on any atom is 0.0794 e. The minimum atomic E-state index is 0.584. The lowest BCUT2D eigenvalue weighted by Crippen LogP contribution is -1.83. The van der Waals surface area contributed by atoms with E-state index < -0.39 is 0 Å². The number of aromatic nitrogens is 1. The minimum Gasteiger partial charge on any atom is -0.249 e. The fraction of sp³-hybridized carbons (Fsp3) is 0.625. The van der Waals surface area contributed by atoms with Crippen molar-refractivity contribution in [3.05, 3.63) is 16.6 Å². The lowest BCUT2D eigenvalue weighted by atomic mass is 10.2. The van der Waals surface area contributed by atoms with Crippen LogP contribution in [0.25, 0.3) is 0 Å². The van der Waals surface area contributed by atoms with Crippen LogP contribution in [-0.2, 0) is 0 Å². The van der Waals surface area contributed by atoms with Crippen molar-refractivity contribution in [2.24, 2.45) is 0 Å². The first kappa shape index (κ1) is 9.63. The van der Waals surface area contributed by atoms with Gasteiger partial charge in [0.05, 0.1) is 11.2 Å². The highest BCUT2D eigenvalue weighted by atomic mass is 32.1. The predicted molar refractivity (Wildman–Crippen MR) is 47.6 cm³/mol. The van der Waals surface area contributed by atoms with Gasteiger partial charge in [0.1, 0.15) is 0 Å². The van der Waals surface area contributed by atoms with Crippen LogP contribution in [0.4, 0.5) is 0 Å². The zero-order valence-electron chi connectivity index (χ0n) is 7.09. The number of nitrogens with zero attached hydrogens (tertiary/aromatic N) is 1. The van der Waals surface area contributed by atoms with Crippen LogP contribution in [0, 0.1) is 0 Å². The Labute approximate surface area is 67.1 Å². The van der Waals surface area contributed by atoms with Crippen LogP contribution in [0.2, 0.25) is 0 Å². The standard InChI is InChI=1S/C6H9NS.C2H6/c1-5(2)6-3-8-4-7-6;1-2/h3-5H,1-2H3;1-2H3. The van der Waals surface area contributed by atoms with Gasteiger partial charge in [-0.3, -0.25) is 0 Å². The molecule has 1 aromatic rings. The van der Waals surface area contributed by atoms with E-state index in [0.717, 1.165) is 0 Å². The van der Waals surface area contributed by atoms with Crippen molar-refractivity contribution in [3.63, 3.8) is 0 Å². The summed E-state index contributed by atoms with van der Waals surface area (Å²) in [5.41, 5.74) is 3.07. The molecule has 1 aromatic heterocycles. The van der Waals surface area contributed by atoms with Crippen molar-refractivity contribution in [2.45, 2.75) is 33.6 Å². The monoisotopic (exact) mass is 157 g/mol. The molecular weight excluding hydrogens is 142 g/mol. The molecule has 0 saturated carbocycles. The van der Waals surface area contributed by atoms with E-state index in [4.69, 9.17) is 0 Å². The average Bonchev–Trinajstić information content (AvgIpc) is 2.42. The van der Waals surface area contributed by atoms with Gasteiger partial charge in [0.25, 0.3) is 0 Å². The van der Waals surface area contributed by atoms with Crippen molar-refractivity contribution >= 4 is 11.3 Å². The van der Waals surface area contributed by atoms with Crippen LogP contribution in [0.1, 0.15) is 39.3 Å². The Morgan fingerprint density at radius 1 is 1.40 bits per heavy atom. The van der Waals surface area contributed by atoms with Crippen LogP contribution in [0.3, 0.4) is 0 Å². The molecule has 0 spiro atoms. The zero-order valence-corrected chi connectivity index (χ0v) is 7.90. The molecule has 1 heterocycles. The third kappa shape index (κ3) is 2.97. The smallest absolute Gasteiger partial charge is 0.0794 e. The van der Waals surface area contributed by atoms with Crippen LogP contribution in [0.5, 0.6) is 0 Å². The Kier molecular flexibility index (Phi) is 5.22. The molecule has 0 amide bonds. The Morgan fingerprint density at radius 2 is 2.00 bits per heavy atom. The van der Waals surface area contributed by atoms with Crippen molar-refractivity contribution in [3.8, 4) is 0 Å². The Balaban J connectivity index is 0.000000371. The third-order valence-corrected chi connectivity index (χ3v) is 1.65. The quantitative estimate of drug-likeness (QED) is 0.609. The summed E-state index contributed by atoms with van der Waals surface area (Å²) in [7, 11) is 0. The van der Waals surface area contributed by atoms with E-state index in [1.165, 1.54) is 5.69 Å². The SMILES string of the molecule is CC.CC(C)c1cscn1. The molecule has 0 aliphatic heterocycles. The lowest BCUT2D eigenvalue weighted by molar-refractivity contribution is 0.833. The maximum absolute atomic E-state index is 4.13. The normalized spacial score (nSPS) is 8.90. The van der Waals surface area contributed by atoms with E-state index in [-0.39, 0.29) is 0 Å². The van der Waals surface area contributed by atoms with Gasteiger partial charge in [-0.05, 0) is 5.92 Å². The largest absolute Gasteiger partial charge is 0.249 e. The summed E-state index contributed by atoms with van der Waals surface area (Å²) in [4.78, 5) is 4.13. The Bertz CT molecular complexity index is 144. The molecule has 1 rings (SSSR count). The lowest BCUT2D eigenvalue weighted by Gasteiger charge is -1.94. The molecule has 0 atom stereocenters. The topological polar surface area (TPSA) is 12.9 Å². The fourth-order valence-electron chi connectivity index (χ4n) is 0.507. The molecule has 0 aliphatic carbocycles. The highest BCUT2D eigenvalue weighted by molar-refractivity contribution is 7.07. The van der Waals surface area contributed by atoms with Gasteiger partial charge in [0, 0.05) is 5.38 Å². The van der Waals surface area contributed by atoms with Crippen LogP contribution >= 0.6 is 11.3 Å². The van der Waals surface area contributed by atoms with Crippen molar-refractivity contribution in [1.82, 2.24) is 4.98 Å². The van der Waals surface area contributed by atoms with Crippen LogP contribution in [-0.4, -0.2) is 4.98 Å². The molecule has 2 heteroatoms. The summed E-state index contributed by atoms with van der Waals surface area (Å²) in [5.74, 6) is 0.584. The van der Waals surface area contributed by atoms with Crippen molar-refractivity contribution in [2.75, 3.05) is 0 Å². The zero-order chi connectivity index (χ0) is 7.98. The van der Waals surface area contributed by atoms with Crippen LogP contribution in [0.15, 0.2) is 10.9 Å². The Morgan fingerprint density at radius 3 is 2.20 bits per heavy atom. The van der Waals surface area contributed by atoms with Gasteiger partial charge in [-0.1, -0.05) is 27.7 Å². The summed E-state index contributed by atoms with van der Waals surface area (Å²) >= 11 is 1.66. The second-order valence-corrected chi connectivity index (χ2v) is 2.79. The van der Waals surface area contributed by atoms with E-state index in [1.54, 1.807) is 11.3 Å². The van der Waals surface area contributed by atoms with Crippen molar-refractivity contribution < 1.29 is 0 Å². The first-order chi connectivity index (χ1) is 4.80. The second kappa shape index (κ2) is 5.42. The first-order valence-corrected chi connectivity index (χ1v) is 4.63. The molecule has 0 aliphatic rings. The summed E-state index contributed by atoms with van der Waals surface area (Å²) < 4.78 is 0. The number of rotatable bonds is 1. The van der Waals surface area contributed by atoms with Crippen molar-refractivity contribution in [1.29, 1.82) is 0 Å².